The number of hydrogen-bond donors (Lipinski definition) is 1. The second-order valence-electron chi connectivity index (χ2n) is 5.54. The first-order chi connectivity index (χ1) is 12.1. The molecule has 2 aromatic rings. The van der Waals surface area contributed by atoms with Crippen molar-refractivity contribution in [3.05, 3.63) is 39.0 Å². The van der Waals surface area contributed by atoms with Gasteiger partial charge in [-0.05, 0) is 20.8 Å². The topological polar surface area (TPSA) is 108 Å². The van der Waals surface area contributed by atoms with Crippen molar-refractivity contribution in [1.29, 1.82) is 0 Å². The maximum absolute atomic E-state index is 12.9. The zero-order valence-corrected chi connectivity index (χ0v) is 14.3. The second-order valence-corrected chi connectivity index (χ2v) is 5.54. The van der Waals surface area contributed by atoms with Crippen molar-refractivity contribution in [3.8, 4) is 0 Å². The van der Waals surface area contributed by atoms with Crippen LogP contribution in [0, 0.1) is 24.0 Å². The fourth-order valence-corrected chi connectivity index (χ4v) is 2.46. The second kappa shape index (κ2) is 7.14. The lowest BCUT2D eigenvalue weighted by Gasteiger charge is -2.07. The summed E-state index contributed by atoms with van der Waals surface area (Å²) >= 11 is 0. The van der Waals surface area contributed by atoms with Crippen molar-refractivity contribution in [3.63, 3.8) is 0 Å². The number of rotatable bonds is 6. The summed E-state index contributed by atoms with van der Waals surface area (Å²) in [6.07, 6.45) is -3.40. The molecule has 12 heteroatoms. The minimum atomic E-state index is -4.99. The van der Waals surface area contributed by atoms with Gasteiger partial charge in [0.15, 0.2) is 0 Å². The van der Waals surface area contributed by atoms with Gasteiger partial charge in [-0.25, -0.2) is 0 Å². The number of nitrogens with one attached hydrogen (secondary N) is 1. The Balaban J connectivity index is 2.14. The Kier molecular flexibility index (Phi) is 5.33. The number of aryl methyl sites for hydroxylation is 1. The zero-order chi connectivity index (χ0) is 19.6. The summed E-state index contributed by atoms with van der Waals surface area (Å²) in [7, 11) is 0. The highest BCUT2D eigenvalue weighted by molar-refractivity contribution is 5.75. The first-order valence-corrected chi connectivity index (χ1v) is 7.63. The molecule has 1 amide bonds. The van der Waals surface area contributed by atoms with Gasteiger partial charge in [0.05, 0.1) is 11.1 Å². The maximum atomic E-state index is 12.9. The lowest BCUT2D eigenvalue weighted by atomic mass is 10.2. The fraction of sp³-hybridized carbons (Fsp3) is 0.500. The fourth-order valence-electron chi connectivity index (χ4n) is 2.46. The summed E-state index contributed by atoms with van der Waals surface area (Å²) < 4.78 is 41.1. The van der Waals surface area contributed by atoms with Gasteiger partial charge in [0.1, 0.15) is 12.2 Å². The van der Waals surface area contributed by atoms with Crippen LogP contribution in [-0.2, 0) is 30.6 Å². The molecule has 0 spiro atoms. The summed E-state index contributed by atoms with van der Waals surface area (Å²) in [4.78, 5) is 21.8. The van der Waals surface area contributed by atoms with Crippen LogP contribution in [0.15, 0.2) is 6.20 Å². The predicted octanol–water partition coefficient (Wildman–Crippen LogP) is 1.96. The van der Waals surface area contributed by atoms with Crippen molar-refractivity contribution < 1.29 is 22.9 Å². The van der Waals surface area contributed by atoms with Crippen LogP contribution < -0.4 is 5.32 Å². The molecule has 142 valence electrons. The van der Waals surface area contributed by atoms with Gasteiger partial charge >= 0.3 is 11.9 Å². The highest BCUT2D eigenvalue weighted by atomic mass is 19.4. The highest BCUT2D eigenvalue weighted by Gasteiger charge is 2.44. The van der Waals surface area contributed by atoms with E-state index in [1.807, 2.05) is 13.8 Å². The molecule has 9 nitrogen and oxygen atoms in total. The van der Waals surface area contributed by atoms with Crippen LogP contribution in [0.3, 0.4) is 0 Å². The number of carbonyl (C=O) groups is 1. The molecule has 0 saturated heterocycles. The van der Waals surface area contributed by atoms with E-state index in [1.165, 1.54) is 0 Å². The smallest absolute Gasteiger partial charge is 0.350 e. The molecule has 0 bridgehead atoms. The zero-order valence-electron chi connectivity index (χ0n) is 14.3. The van der Waals surface area contributed by atoms with E-state index in [9.17, 15) is 28.1 Å². The summed E-state index contributed by atoms with van der Waals surface area (Å²) in [6, 6.07) is 0. The molecule has 1 N–H and O–H groups in total. The summed E-state index contributed by atoms with van der Waals surface area (Å²) in [5.74, 6) is -0.622. The number of alkyl halides is 3. The van der Waals surface area contributed by atoms with Crippen molar-refractivity contribution in [2.75, 3.05) is 0 Å². The minimum absolute atomic E-state index is 0.138. The molecule has 0 saturated carbocycles. The first-order valence-electron chi connectivity index (χ1n) is 7.63. The Labute approximate surface area is 145 Å². The average Bonchev–Trinajstić information content (AvgIpc) is 3.05. The van der Waals surface area contributed by atoms with E-state index in [4.69, 9.17) is 0 Å². The molecule has 0 unspecified atom stereocenters. The normalized spacial score (nSPS) is 11.6. The molecule has 0 aliphatic carbocycles. The van der Waals surface area contributed by atoms with Crippen LogP contribution >= 0.6 is 0 Å². The summed E-state index contributed by atoms with van der Waals surface area (Å²) in [6.45, 7) is 5.09. The summed E-state index contributed by atoms with van der Waals surface area (Å²) in [5, 5.41) is 20.8. The van der Waals surface area contributed by atoms with Crippen LogP contribution in [-0.4, -0.2) is 30.4 Å². The van der Waals surface area contributed by atoms with Gasteiger partial charge in [-0.3, -0.25) is 24.3 Å². The number of halogens is 3. The van der Waals surface area contributed by atoms with E-state index in [-0.39, 0.29) is 12.2 Å². The Morgan fingerprint density at radius 2 is 1.96 bits per heavy atom. The van der Waals surface area contributed by atoms with Gasteiger partial charge in [0, 0.05) is 24.3 Å². The van der Waals surface area contributed by atoms with Gasteiger partial charge in [-0.2, -0.15) is 23.4 Å². The quantitative estimate of drug-likeness (QED) is 0.614. The Morgan fingerprint density at radius 3 is 2.42 bits per heavy atom. The van der Waals surface area contributed by atoms with Gasteiger partial charge in [0.2, 0.25) is 11.6 Å². The number of hydrogen-bond acceptors (Lipinski definition) is 5. The van der Waals surface area contributed by atoms with Crippen LogP contribution in [0.25, 0.3) is 0 Å². The molecule has 26 heavy (non-hydrogen) atoms. The molecule has 0 aliphatic rings. The number of aromatic nitrogens is 4. The Hall–Kier alpha value is -2.92. The average molecular weight is 374 g/mol. The molecular weight excluding hydrogens is 357 g/mol. The van der Waals surface area contributed by atoms with Gasteiger partial charge < -0.3 is 5.32 Å². The van der Waals surface area contributed by atoms with Crippen molar-refractivity contribution in [2.24, 2.45) is 0 Å². The van der Waals surface area contributed by atoms with Crippen LogP contribution in [0.5, 0.6) is 0 Å². The van der Waals surface area contributed by atoms with Gasteiger partial charge in [0.25, 0.3) is 0 Å². The lowest BCUT2D eigenvalue weighted by Crippen LogP contribution is -2.28. The molecule has 0 radical (unpaired) electrons. The Bertz CT molecular complexity index is 840. The molecule has 0 aliphatic heterocycles. The largest absolute Gasteiger partial charge is 0.442 e. The van der Waals surface area contributed by atoms with Crippen LogP contribution in [0.4, 0.5) is 18.9 Å². The molecule has 0 atom stereocenters. The van der Waals surface area contributed by atoms with E-state index < -0.39 is 34.9 Å². The van der Waals surface area contributed by atoms with Crippen molar-refractivity contribution in [1.82, 2.24) is 24.9 Å². The third kappa shape index (κ3) is 3.83. The number of nitro groups is 1. The van der Waals surface area contributed by atoms with Gasteiger partial charge in [-0.15, -0.1) is 0 Å². The molecule has 0 fully saturated rings. The summed E-state index contributed by atoms with van der Waals surface area (Å²) in [5.41, 5.74) is -1.48. The monoisotopic (exact) mass is 374 g/mol. The third-order valence-electron chi connectivity index (χ3n) is 3.90. The van der Waals surface area contributed by atoms with E-state index in [0.29, 0.717) is 11.2 Å². The molecule has 2 aromatic heterocycles. The molecular formula is C14H17F3N6O3. The van der Waals surface area contributed by atoms with E-state index >= 15 is 0 Å². The Morgan fingerprint density at radius 1 is 1.31 bits per heavy atom. The van der Waals surface area contributed by atoms with Gasteiger partial charge in [-0.1, -0.05) is 0 Å². The number of carbonyl (C=O) groups excluding carboxylic acids is 1. The SMILES string of the molecule is CCn1ncc(CNC(=O)Cn2nc(C(F)(F)F)c([N+](=O)[O-])c2C)c1C. The molecule has 2 heterocycles. The third-order valence-corrected chi connectivity index (χ3v) is 3.90. The van der Waals surface area contributed by atoms with Crippen molar-refractivity contribution in [2.45, 2.75) is 46.6 Å². The van der Waals surface area contributed by atoms with Crippen LogP contribution in [0.1, 0.15) is 29.6 Å². The van der Waals surface area contributed by atoms with Crippen molar-refractivity contribution >= 4 is 11.6 Å². The number of nitrogens with zero attached hydrogens (tertiary/aromatic N) is 5. The minimum Gasteiger partial charge on any atom is -0.350 e. The molecule has 0 aromatic carbocycles. The number of amides is 1. The van der Waals surface area contributed by atoms with E-state index in [0.717, 1.165) is 18.2 Å². The maximum Gasteiger partial charge on any atom is 0.442 e. The van der Waals surface area contributed by atoms with E-state index in [1.54, 1.807) is 10.9 Å². The van der Waals surface area contributed by atoms with Crippen LogP contribution in [0.2, 0.25) is 0 Å². The van der Waals surface area contributed by atoms with E-state index in [2.05, 4.69) is 15.5 Å². The molecule has 2 rings (SSSR count). The standard InChI is InChI=1S/C14H17F3N6O3/c1-4-21-8(2)10(6-19-21)5-18-11(24)7-22-9(3)12(23(25)26)13(20-22)14(15,16)17/h6H,4-5,7H2,1-3H3,(H,18,24). The highest BCUT2D eigenvalue weighted by Crippen LogP contribution is 2.36. The predicted molar refractivity (Wildman–Crippen MR) is 83.1 cm³/mol. The lowest BCUT2D eigenvalue weighted by molar-refractivity contribution is -0.388. The first kappa shape index (κ1) is 19.4.